The zero-order valence-electron chi connectivity index (χ0n) is 16.4. The van der Waals surface area contributed by atoms with Gasteiger partial charge in [0.2, 0.25) is 0 Å². The van der Waals surface area contributed by atoms with Gasteiger partial charge < -0.3 is 15.4 Å². The second-order valence-electron chi connectivity index (χ2n) is 6.53. The molecule has 1 aromatic carbocycles. The smallest absolute Gasteiger partial charge is 0.191 e. The lowest BCUT2D eigenvalue weighted by Crippen LogP contribution is -2.38. The van der Waals surface area contributed by atoms with Crippen LogP contribution >= 0.6 is 24.0 Å². The molecule has 0 unspecified atom stereocenters. The first-order chi connectivity index (χ1) is 13.3. The van der Waals surface area contributed by atoms with Gasteiger partial charge in [0.1, 0.15) is 0 Å². The average molecular weight is 495 g/mol. The van der Waals surface area contributed by atoms with Gasteiger partial charge in [-0.25, -0.2) is 4.99 Å². The highest BCUT2D eigenvalue weighted by Gasteiger charge is 2.06. The molecule has 0 amide bonds. The van der Waals surface area contributed by atoms with Crippen LogP contribution in [-0.2, 0) is 17.8 Å². The molecule has 0 aliphatic carbocycles. The fourth-order valence-corrected chi connectivity index (χ4v) is 3.07. The van der Waals surface area contributed by atoms with Crippen molar-refractivity contribution in [1.29, 1.82) is 0 Å². The third-order valence-electron chi connectivity index (χ3n) is 4.56. The normalized spacial score (nSPS) is 14.2. The molecule has 28 heavy (non-hydrogen) atoms. The van der Waals surface area contributed by atoms with Crippen LogP contribution in [0, 0.1) is 0 Å². The fraction of sp³-hybridized carbons (Fsp3) is 0.429. The molecule has 1 aliphatic rings. The van der Waals surface area contributed by atoms with Gasteiger partial charge in [0.05, 0.1) is 26.3 Å². The summed E-state index contributed by atoms with van der Waals surface area (Å²) in [5.74, 6) is 0.860. The van der Waals surface area contributed by atoms with E-state index in [0.717, 1.165) is 51.6 Å². The molecule has 152 valence electrons. The third-order valence-corrected chi connectivity index (χ3v) is 4.56. The summed E-state index contributed by atoms with van der Waals surface area (Å²) in [6, 6.07) is 10.4. The number of aromatic nitrogens is 2. The second kappa shape index (κ2) is 12.6. The van der Waals surface area contributed by atoms with E-state index >= 15 is 0 Å². The maximum atomic E-state index is 5.36. The summed E-state index contributed by atoms with van der Waals surface area (Å²) >= 11 is 0. The van der Waals surface area contributed by atoms with Crippen molar-refractivity contribution in [2.45, 2.75) is 32.9 Å². The predicted molar refractivity (Wildman–Crippen MR) is 124 cm³/mol. The Morgan fingerprint density at radius 1 is 1.21 bits per heavy atom. The van der Waals surface area contributed by atoms with E-state index in [1.807, 2.05) is 23.1 Å². The van der Waals surface area contributed by atoms with E-state index < -0.39 is 0 Å². The second-order valence-corrected chi connectivity index (χ2v) is 6.53. The summed E-state index contributed by atoms with van der Waals surface area (Å²) < 4.78 is 7.30. The van der Waals surface area contributed by atoms with Crippen LogP contribution in [0.3, 0.4) is 0 Å². The van der Waals surface area contributed by atoms with Crippen molar-refractivity contribution in [2.24, 2.45) is 4.99 Å². The lowest BCUT2D eigenvalue weighted by molar-refractivity contribution is 0.153. The molecule has 0 atom stereocenters. The fourth-order valence-electron chi connectivity index (χ4n) is 3.07. The number of hydrogen-bond donors (Lipinski definition) is 2. The van der Waals surface area contributed by atoms with Gasteiger partial charge in [-0.2, -0.15) is 5.10 Å². The number of halogens is 1. The van der Waals surface area contributed by atoms with E-state index in [-0.39, 0.29) is 24.0 Å². The lowest BCUT2D eigenvalue weighted by atomic mass is 10.1. The Bertz CT molecular complexity index is 758. The molecular weight excluding hydrogens is 465 g/mol. The highest BCUT2D eigenvalue weighted by molar-refractivity contribution is 14.0. The monoisotopic (exact) mass is 495 g/mol. The van der Waals surface area contributed by atoms with Crippen molar-refractivity contribution >= 4 is 29.9 Å². The van der Waals surface area contributed by atoms with E-state index in [2.05, 4.69) is 53.0 Å². The minimum absolute atomic E-state index is 0. The maximum Gasteiger partial charge on any atom is 0.191 e. The van der Waals surface area contributed by atoms with Crippen LogP contribution in [0.5, 0.6) is 0 Å². The Morgan fingerprint density at radius 3 is 2.79 bits per heavy atom. The number of rotatable bonds is 8. The molecule has 7 heteroatoms. The summed E-state index contributed by atoms with van der Waals surface area (Å²) in [5, 5.41) is 11.1. The summed E-state index contributed by atoms with van der Waals surface area (Å²) in [7, 11) is 0. The number of ether oxygens (including phenoxy) is 1. The quantitative estimate of drug-likeness (QED) is 0.255. The van der Waals surface area contributed by atoms with Crippen molar-refractivity contribution in [3.05, 3.63) is 65.5 Å². The Balaban J connectivity index is 0.00000280. The molecule has 2 N–H and O–H groups in total. The Morgan fingerprint density at radius 2 is 2.07 bits per heavy atom. The molecule has 0 radical (unpaired) electrons. The Kier molecular flexibility index (Phi) is 10.1. The summed E-state index contributed by atoms with van der Waals surface area (Å²) in [4.78, 5) is 4.78. The molecule has 0 saturated heterocycles. The number of nitrogens with zero attached hydrogens (tertiary/aromatic N) is 3. The molecule has 2 heterocycles. The standard InChI is InChI=1S/C21H29N5O.HI/c1-2-22-21(23-12-8-18-9-14-27-15-10-18)24-16-19-6-3-4-7-20(19)17-26-13-5-11-25-26;/h3-7,9,11,13H,2,8,10,12,14-17H2,1H3,(H2,22,23,24);1H. The highest BCUT2D eigenvalue weighted by Crippen LogP contribution is 2.12. The van der Waals surface area contributed by atoms with E-state index in [1.165, 1.54) is 16.7 Å². The van der Waals surface area contributed by atoms with E-state index in [9.17, 15) is 0 Å². The lowest BCUT2D eigenvalue weighted by Gasteiger charge is -2.15. The van der Waals surface area contributed by atoms with Crippen molar-refractivity contribution < 1.29 is 4.74 Å². The van der Waals surface area contributed by atoms with Crippen molar-refractivity contribution in [2.75, 3.05) is 26.3 Å². The predicted octanol–water partition coefficient (Wildman–Crippen LogP) is 3.34. The van der Waals surface area contributed by atoms with Crippen molar-refractivity contribution in [3.8, 4) is 0 Å². The molecule has 0 bridgehead atoms. The number of hydrogen-bond acceptors (Lipinski definition) is 3. The van der Waals surface area contributed by atoms with Crippen LogP contribution in [0.2, 0.25) is 0 Å². The largest absolute Gasteiger partial charge is 0.377 e. The molecule has 1 aromatic heterocycles. The third kappa shape index (κ3) is 7.27. The zero-order valence-corrected chi connectivity index (χ0v) is 18.8. The minimum Gasteiger partial charge on any atom is -0.377 e. The Hall–Kier alpha value is -1.87. The molecule has 6 nitrogen and oxygen atoms in total. The number of aliphatic imine (C=N–C) groups is 1. The zero-order chi connectivity index (χ0) is 18.7. The number of nitrogens with one attached hydrogen (secondary N) is 2. The van der Waals surface area contributed by atoms with Crippen LogP contribution in [0.15, 0.2) is 59.4 Å². The van der Waals surface area contributed by atoms with E-state index in [1.54, 1.807) is 0 Å². The summed E-state index contributed by atoms with van der Waals surface area (Å²) in [6.07, 6.45) is 8.05. The van der Waals surface area contributed by atoms with Gasteiger partial charge in [-0.3, -0.25) is 4.68 Å². The van der Waals surface area contributed by atoms with Gasteiger partial charge in [0.15, 0.2) is 5.96 Å². The maximum absolute atomic E-state index is 5.36. The molecule has 0 fully saturated rings. The van der Waals surface area contributed by atoms with Crippen molar-refractivity contribution in [1.82, 2.24) is 20.4 Å². The number of benzene rings is 1. The number of guanidine groups is 1. The minimum atomic E-state index is 0. The first kappa shape index (κ1) is 22.4. The molecule has 0 saturated carbocycles. The van der Waals surface area contributed by atoms with Crippen LogP contribution in [0.1, 0.15) is 30.9 Å². The van der Waals surface area contributed by atoms with Gasteiger partial charge in [0, 0.05) is 25.5 Å². The van der Waals surface area contributed by atoms with Crippen LogP contribution in [0.25, 0.3) is 0 Å². The molecule has 1 aliphatic heterocycles. The SMILES string of the molecule is CCNC(=NCc1ccccc1Cn1cccn1)NCCC1=CCOCC1.I. The van der Waals surface area contributed by atoms with Gasteiger partial charge in [0.25, 0.3) is 0 Å². The van der Waals surface area contributed by atoms with Crippen LogP contribution in [0.4, 0.5) is 0 Å². The summed E-state index contributed by atoms with van der Waals surface area (Å²) in [5.41, 5.74) is 3.93. The average Bonchev–Trinajstić information content (AvgIpc) is 3.21. The Labute approximate surface area is 184 Å². The molecule has 2 aromatic rings. The molecular formula is C21H30IN5O. The van der Waals surface area contributed by atoms with E-state index in [0.29, 0.717) is 6.54 Å². The van der Waals surface area contributed by atoms with Crippen molar-refractivity contribution in [3.63, 3.8) is 0 Å². The summed E-state index contributed by atoms with van der Waals surface area (Å²) in [6.45, 7) is 6.81. The first-order valence-corrected chi connectivity index (χ1v) is 9.67. The molecule has 3 rings (SSSR count). The van der Waals surface area contributed by atoms with Gasteiger partial charge in [-0.05, 0) is 37.0 Å². The van der Waals surface area contributed by atoms with Crippen LogP contribution < -0.4 is 10.6 Å². The first-order valence-electron chi connectivity index (χ1n) is 9.67. The van der Waals surface area contributed by atoms with Crippen LogP contribution in [-0.4, -0.2) is 42.0 Å². The van der Waals surface area contributed by atoms with Gasteiger partial charge in [-0.1, -0.05) is 35.9 Å². The molecule has 0 spiro atoms. The van der Waals surface area contributed by atoms with E-state index in [4.69, 9.17) is 9.73 Å². The van der Waals surface area contributed by atoms with Gasteiger partial charge >= 0.3 is 0 Å². The topological polar surface area (TPSA) is 63.5 Å². The highest BCUT2D eigenvalue weighted by atomic mass is 127. The van der Waals surface area contributed by atoms with Gasteiger partial charge in [-0.15, -0.1) is 24.0 Å².